The first kappa shape index (κ1) is 34.3. The van der Waals surface area contributed by atoms with Crippen LogP contribution in [0.3, 0.4) is 0 Å². The zero-order valence-electron chi connectivity index (χ0n) is 27.2. The fourth-order valence-corrected chi connectivity index (χ4v) is 9.06. The van der Waals surface area contributed by atoms with E-state index in [1.165, 1.54) is 4.31 Å². The van der Waals surface area contributed by atoms with Gasteiger partial charge in [-0.2, -0.15) is 4.31 Å². The van der Waals surface area contributed by atoms with Crippen molar-refractivity contribution in [3.05, 3.63) is 58.4 Å². The molecule has 0 bridgehead atoms. The minimum Gasteiger partial charge on any atom is -0.496 e. The third-order valence-electron chi connectivity index (χ3n) is 9.63. The fourth-order valence-electron chi connectivity index (χ4n) is 7.10. The smallest absolute Gasteiger partial charge is 0.246 e. The van der Waals surface area contributed by atoms with Gasteiger partial charge in [-0.3, -0.25) is 4.79 Å². The molecule has 0 spiro atoms. The van der Waals surface area contributed by atoms with Crippen LogP contribution in [0.25, 0.3) is 0 Å². The number of nitrogens with one attached hydrogen (secondary N) is 1. The molecular formula is C34H50FN3O5S. The van der Waals surface area contributed by atoms with Gasteiger partial charge in [-0.25, -0.2) is 12.8 Å². The Hall–Kier alpha value is -2.53. The van der Waals surface area contributed by atoms with Crippen molar-refractivity contribution in [1.82, 2.24) is 14.5 Å². The lowest BCUT2D eigenvalue weighted by molar-refractivity contribution is -0.128. The quantitative estimate of drug-likeness (QED) is 0.331. The van der Waals surface area contributed by atoms with E-state index in [2.05, 4.69) is 24.3 Å². The number of aryl methyl sites for hydroxylation is 1. The van der Waals surface area contributed by atoms with Gasteiger partial charge in [0.1, 0.15) is 18.2 Å². The Morgan fingerprint density at radius 2 is 1.66 bits per heavy atom. The highest BCUT2D eigenvalue weighted by molar-refractivity contribution is 7.89. The Morgan fingerprint density at radius 1 is 1.02 bits per heavy atom. The highest BCUT2D eigenvalue weighted by atomic mass is 32.2. The number of halogens is 1. The van der Waals surface area contributed by atoms with Crippen molar-refractivity contribution in [1.29, 1.82) is 0 Å². The zero-order valence-corrected chi connectivity index (χ0v) is 28.0. The SMILES string of the molecule is COc1cc(C)c(S(=O)(=O)N2CCC(OCC(=O)NCCC3CCC(C(c4ccc(F)cc4)N(C)C)CC3)CC2)c(C)c1C. The predicted molar refractivity (Wildman–Crippen MR) is 171 cm³/mol. The Kier molecular flexibility index (Phi) is 11.8. The van der Waals surface area contributed by atoms with Crippen molar-refractivity contribution in [2.24, 2.45) is 11.8 Å². The summed E-state index contributed by atoms with van der Waals surface area (Å²) in [5.41, 5.74) is 3.38. The van der Waals surface area contributed by atoms with Crippen LogP contribution in [-0.4, -0.2) is 77.1 Å². The van der Waals surface area contributed by atoms with E-state index in [9.17, 15) is 17.6 Å². The summed E-state index contributed by atoms with van der Waals surface area (Å²) in [7, 11) is 2.12. The number of hydrogen-bond acceptors (Lipinski definition) is 6. The van der Waals surface area contributed by atoms with Gasteiger partial charge in [-0.15, -0.1) is 0 Å². The van der Waals surface area contributed by atoms with Crippen LogP contribution in [0.5, 0.6) is 5.75 Å². The van der Waals surface area contributed by atoms with Crippen molar-refractivity contribution < 1.29 is 27.1 Å². The van der Waals surface area contributed by atoms with Crippen LogP contribution < -0.4 is 10.1 Å². The van der Waals surface area contributed by atoms with Crippen molar-refractivity contribution >= 4 is 15.9 Å². The molecular weight excluding hydrogens is 581 g/mol. The van der Waals surface area contributed by atoms with E-state index >= 15 is 0 Å². The van der Waals surface area contributed by atoms with Gasteiger partial charge in [0.25, 0.3) is 0 Å². The number of carbonyl (C=O) groups excluding carboxylic acids is 1. The normalized spacial score (nSPS) is 20.9. The first-order chi connectivity index (χ1) is 20.9. The summed E-state index contributed by atoms with van der Waals surface area (Å²) in [5.74, 6) is 1.47. The Labute approximate surface area is 263 Å². The first-order valence-corrected chi connectivity index (χ1v) is 17.3. The number of carbonyl (C=O) groups is 1. The number of hydrogen-bond donors (Lipinski definition) is 1. The summed E-state index contributed by atoms with van der Waals surface area (Å²) in [4.78, 5) is 15.1. The molecule has 0 radical (unpaired) electrons. The molecule has 1 aliphatic heterocycles. The van der Waals surface area contributed by atoms with E-state index in [1.807, 2.05) is 26.0 Å². The Bertz CT molecular complexity index is 1370. The summed E-state index contributed by atoms with van der Waals surface area (Å²) < 4.78 is 53.3. The van der Waals surface area contributed by atoms with Crippen molar-refractivity contribution in [3.63, 3.8) is 0 Å². The van der Waals surface area contributed by atoms with Gasteiger partial charge in [0, 0.05) is 25.7 Å². The molecule has 1 atom stereocenters. The molecule has 1 amide bonds. The molecule has 2 aliphatic rings. The monoisotopic (exact) mass is 631 g/mol. The van der Waals surface area contributed by atoms with E-state index in [0.29, 0.717) is 66.1 Å². The molecule has 1 saturated heterocycles. The first-order valence-electron chi connectivity index (χ1n) is 15.9. The molecule has 1 saturated carbocycles. The van der Waals surface area contributed by atoms with Crippen LogP contribution in [0.2, 0.25) is 0 Å². The van der Waals surface area contributed by atoms with Gasteiger partial charge in [-0.05, 0) is 119 Å². The number of methoxy groups -OCH3 is 1. The molecule has 0 aromatic heterocycles. The molecule has 1 aliphatic carbocycles. The van der Waals surface area contributed by atoms with Crippen LogP contribution >= 0.6 is 0 Å². The summed E-state index contributed by atoms with van der Waals surface area (Å²) in [6.07, 6.45) is 6.39. The molecule has 4 rings (SSSR count). The second kappa shape index (κ2) is 15.2. The lowest BCUT2D eigenvalue weighted by atomic mass is 9.75. The lowest BCUT2D eigenvalue weighted by Gasteiger charge is -2.37. The Morgan fingerprint density at radius 3 is 2.25 bits per heavy atom. The molecule has 8 nitrogen and oxygen atoms in total. The zero-order chi connectivity index (χ0) is 32.0. The number of rotatable bonds is 12. The topological polar surface area (TPSA) is 88.2 Å². The van der Waals surface area contributed by atoms with E-state index in [4.69, 9.17) is 9.47 Å². The van der Waals surface area contributed by atoms with Crippen LogP contribution in [-0.2, 0) is 19.6 Å². The van der Waals surface area contributed by atoms with Gasteiger partial charge in [0.2, 0.25) is 15.9 Å². The lowest BCUT2D eigenvalue weighted by Crippen LogP contribution is -2.42. The summed E-state index contributed by atoms with van der Waals surface area (Å²) in [6.45, 7) is 6.84. The Balaban J connectivity index is 1.16. The molecule has 244 valence electrons. The molecule has 44 heavy (non-hydrogen) atoms. The third kappa shape index (κ3) is 8.19. The maximum absolute atomic E-state index is 13.5. The second-order valence-corrected chi connectivity index (χ2v) is 14.6. The van der Waals surface area contributed by atoms with Crippen LogP contribution in [0.1, 0.15) is 73.2 Å². The highest BCUT2D eigenvalue weighted by Gasteiger charge is 2.33. The molecule has 10 heteroatoms. The molecule has 2 aromatic rings. The van der Waals surface area contributed by atoms with Crippen molar-refractivity contribution in [2.45, 2.75) is 82.8 Å². The second-order valence-electron chi connectivity index (χ2n) is 12.8. The minimum absolute atomic E-state index is 0.0117. The predicted octanol–water partition coefficient (Wildman–Crippen LogP) is 5.54. The van der Waals surface area contributed by atoms with Gasteiger partial charge in [0.15, 0.2) is 0 Å². The van der Waals surface area contributed by atoms with Crippen molar-refractivity contribution in [3.8, 4) is 5.75 Å². The summed E-state index contributed by atoms with van der Waals surface area (Å²) in [5, 5.41) is 3.01. The molecule has 1 heterocycles. The van der Waals surface area contributed by atoms with Gasteiger partial charge in [0.05, 0.1) is 18.1 Å². The number of nitrogens with zero attached hydrogens (tertiary/aromatic N) is 2. The molecule has 1 N–H and O–H groups in total. The fraction of sp³-hybridized carbons (Fsp3) is 0.618. The van der Waals surface area contributed by atoms with Crippen LogP contribution in [0.15, 0.2) is 35.2 Å². The summed E-state index contributed by atoms with van der Waals surface area (Å²) >= 11 is 0. The number of benzene rings is 2. The maximum atomic E-state index is 13.5. The van der Waals surface area contributed by atoms with E-state index in [0.717, 1.165) is 43.2 Å². The van der Waals surface area contributed by atoms with Gasteiger partial charge in [-0.1, -0.05) is 25.0 Å². The number of sulfonamides is 1. The molecule has 2 aromatic carbocycles. The number of amides is 1. The summed E-state index contributed by atoms with van der Waals surface area (Å²) in [6, 6.07) is 8.96. The van der Waals surface area contributed by atoms with Crippen LogP contribution in [0.4, 0.5) is 4.39 Å². The van der Waals surface area contributed by atoms with Gasteiger partial charge < -0.3 is 19.7 Å². The number of ether oxygens (including phenoxy) is 2. The molecule has 1 unspecified atom stereocenters. The van der Waals surface area contributed by atoms with Crippen molar-refractivity contribution in [2.75, 3.05) is 47.4 Å². The highest BCUT2D eigenvalue weighted by Crippen LogP contribution is 2.40. The average molecular weight is 632 g/mol. The number of piperidine rings is 1. The van der Waals surface area contributed by atoms with E-state index in [-0.39, 0.29) is 30.5 Å². The van der Waals surface area contributed by atoms with Gasteiger partial charge >= 0.3 is 0 Å². The van der Waals surface area contributed by atoms with E-state index < -0.39 is 10.0 Å². The van der Waals surface area contributed by atoms with E-state index in [1.54, 1.807) is 32.2 Å². The third-order valence-corrected chi connectivity index (χ3v) is 11.8. The largest absolute Gasteiger partial charge is 0.496 e. The van der Waals surface area contributed by atoms with Crippen LogP contribution in [0, 0.1) is 38.4 Å². The molecule has 2 fully saturated rings. The minimum atomic E-state index is -3.65. The standard InChI is InChI=1S/C34H50FN3O5S/c1-23-21-31(42-6)24(2)25(3)34(23)44(40,41)38-19-16-30(17-20-38)43-22-32(39)36-18-15-26-7-9-27(10-8-26)33(37(4)5)28-11-13-29(35)14-12-28/h11-14,21,26-27,30,33H,7-10,15-20,22H2,1-6H3,(H,36,39). The maximum Gasteiger partial charge on any atom is 0.246 e. The average Bonchev–Trinajstić information content (AvgIpc) is 3.00.